The summed E-state index contributed by atoms with van der Waals surface area (Å²) < 4.78 is 11.2. The van der Waals surface area contributed by atoms with E-state index in [1.165, 1.54) is 6.92 Å². The van der Waals surface area contributed by atoms with Crippen LogP contribution < -0.4 is 14.5 Å². The van der Waals surface area contributed by atoms with Gasteiger partial charge in [0.25, 0.3) is 0 Å². The molecule has 1 heterocycles. The fourth-order valence-corrected chi connectivity index (χ4v) is 3.46. The number of hydrogen-bond acceptors (Lipinski definition) is 6. The highest BCUT2D eigenvalue weighted by Gasteiger charge is 2.34. The van der Waals surface area contributed by atoms with Gasteiger partial charge in [-0.05, 0) is 38.1 Å². The van der Waals surface area contributed by atoms with Gasteiger partial charge in [0.05, 0.1) is 5.56 Å². The molecule has 2 aromatic rings. The second kappa shape index (κ2) is 7.92. The van der Waals surface area contributed by atoms with E-state index in [2.05, 4.69) is 18.7 Å². The number of anilines is 2. The monoisotopic (exact) mass is 382 g/mol. The van der Waals surface area contributed by atoms with Crippen molar-refractivity contribution in [2.24, 2.45) is 0 Å². The first-order valence-corrected chi connectivity index (χ1v) is 9.45. The van der Waals surface area contributed by atoms with Gasteiger partial charge in [0, 0.05) is 62.7 Å². The van der Waals surface area contributed by atoms with Gasteiger partial charge in [-0.3, -0.25) is 4.79 Å². The summed E-state index contributed by atoms with van der Waals surface area (Å²) >= 11 is 0. The second-order valence-corrected chi connectivity index (χ2v) is 6.94. The number of hydrogen-bond donors (Lipinski definition) is 0. The molecule has 1 unspecified atom stereocenters. The highest BCUT2D eigenvalue weighted by Crippen LogP contribution is 2.42. The number of carbonyl (C=O) groups is 2. The summed E-state index contributed by atoms with van der Waals surface area (Å²) in [6, 6.07) is 11.4. The first-order chi connectivity index (χ1) is 13.3. The number of nitrogens with zero attached hydrogens (tertiary/aromatic N) is 2. The van der Waals surface area contributed by atoms with E-state index in [9.17, 15) is 9.59 Å². The molecule has 0 aromatic heterocycles. The van der Waals surface area contributed by atoms with E-state index in [0.717, 1.165) is 30.0 Å². The van der Waals surface area contributed by atoms with Gasteiger partial charge in [-0.1, -0.05) is 6.07 Å². The predicted octanol–water partition coefficient (Wildman–Crippen LogP) is 3.78. The number of carbonyl (C=O) groups excluding carboxylic acids is 2. The van der Waals surface area contributed by atoms with E-state index in [1.54, 1.807) is 0 Å². The van der Waals surface area contributed by atoms with Crippen molar-refractivity contribution in [3.05, 3.63) is 53.1 Å². The van der Waals surface area contributed by atoms with Gasteiger partial charge in [0.2, 0.25) is 0 Å². The van der Waals surface area contributed by atoms with Crippen molar-refractivity contribution >= 4 is 23.3 Å². The Labute approximate surface area is 165 Å². The van der Waals surface area contributed by atoms with Gasteiger partial charge in [-0.25, -0.2) is 4.79 Å². The van der Waals surface area contributed by atoms with Crippen LogP contribution in [0.25, 0.3) is 0 Å². The van der Waals surface area contributed by atoms with E-state index in [4.69, 9.17) is 9.47 Å². The third-order valence-corrected chi connectivity index (χ3v) is 4.94. The van der Waals surface area contributed by atoms with Crippen LogP contribution in [0.1, 0.15) is 48.4 Å². The molecule has 0 radical (unpaired) electrons. The average molecular weight is 382 g/mol. The van der Waals surface area contributed by atoms with E-state index < -0.39 is 12.1 Å². The summed E-state index contributed by atoms with van der Waals surface area (Å²) in [5.41, 5.74) is 3.86. The third kappa shape index (κ3) is 3.67. The molecule has 1 aliphatic heterocycles. The number of esters is 2. The zero-order chi connectivity index (χ0) is 20.4. The average Bonchev–Trinajstić information content (AvgIpc) is 2.98. The van der Waals surface area contributed by atoms with Crippen molar-refractivity contribution in [2.45, 2.75) is 26.9 Å². The summed E-state index contributed by atoms with van der Waals surface area (Å²) in [7, 11) is 3.84. The first-order valence-electron chi connectivity index (χ1n) is 9.45. The van der Waals surface area contributed by atoms with E-state index in [0.29, 0.717) is 16.9 Å². The van der Waals surface area contributed by atoms with Crippen LogP contribution in [-0.2, 0) is 9.53 Å². The number of benzene rings is 2. The topological polar surface area (TPSA) is 59.1 Å². The van der Waals surface area contributed by atoms with Crippen LogP contribution >= 0.6 is 0 Å². The molecule has 0 saturated carbocycles. The summed E-state index contributed by atoms with van der Waals surface area (Å²) in [6.45, 7) is 7.18. The van der Waals surface area contributed by atoms with Crippen LogP contribution in [0.2, 0.25) is 0 Å². The Morgan fingerprint density at radius 2 is 1.68 bits per heavy atom. The molecule has 28 heavy (non-hydrogen) atoms. The van der Waals surface area contributed by atoms with Crippen LogP contribution in [0.15, 0.2) is 36.4 Å². The molecule has 6 nitrogen and oxygen atoms in total. The summed E-state index contributed by atoms with van der Waals surface area (Å²) in [5.74, 6) is -0.366. The Morgan fingerprint density at radius 3 is 2.29 bits per heavy atom. The molecule has 1 aliphatic rings. The number of fused-ring (bicyclic) bond motifs is 1. The summed E-state index contributed by atoms with van der Waals surface area (Å²) in [5, 5.41) is 0. The van der Waals surface area contributed by atoms with Gasteiger partial charge in [-0.2, -0.15) is 0 Å². The van der Waals surface area contributed by atoms with Crippen LogP contribution in [0.4, 0.5) is 11.4 Å². The number of rotatable bonds is 6. The van der Waals surface area contributed by atoms with Crippen molar-refractivity contribution in [1.29, 1.82) is 0 Å². The fraction of sp³-hybridized carbons (Fsp3) is 0.364. The lowest BCUT2D eigenvalue weighted by Gasteiger charge is -2.23. The van der Waals surface area contributed by atoms with Crippen molar-refractivity contribution < 1.29 is 19.1 Å². The normalized spacial score (nSPS) is 15.0. The molecule has 0 amide bonds. The molecule has 6 heteroatoms. The van der Waals surface area contributed by atoms with Crippen LogP contribution in [-0.4, -0.2) is 39.1 Å². The SMILES string of the molecule is CCN(CC)c1ccc(C2OC(=O)c3cc(N(C)C)ccc32)c(OC(C)=O)c1. The van der Waals surface area contributed by atoms with Gasteiger partial charge < -0.3 is 19.3 Å². The molecule has 3 rings (SSSR count). The van der Waals surface area contributed by atoms with Gasteiger partial charge in [0.1, 0.15) is 5.75 Å². The highest BCUT2D eigenvalue weighted by molar-refractivity contribution is 5.96. The number of cyclic esters (lactones) is 1. The Bertz CT molecular complexity index is 903. The van der Waals surface area contributed by atoms with E-state index >= 15 is 0 Å². The van der Waals surface area contributed by atoms with Crippen molar-refractivity contribution in [3.8, 4) is 5.75 Å². The van der Waals surface area contributed by atoms with Crippen molar-refractivity contribution in [3.63, 3.8) is 0 Å². The molecule has 0 N–H and O–H groups in total. The van der Waals surface area contributed by atoms with E-state index in [-0.39, 0.29) is 5.97 Å². The minimum absolute atomic E-state index is 0.370. The number of ether oxygens (including phenoxy) is 2. The molecule has 148 valence electrons. The van der Waals surface area contributed by atoms with Crippen molar-refractivity contribution in [2.75, 3.05) is 37.0 Å². The van der Waals surface area contributed by atoms with Crippen LogP contribution in [0.5, 0.6) is 5.75 Å². The molecule has 2 aromatic carbocycles. The lowest BCUT2D eigenvalue weighted by Crippen LogP contribution is -2.22. The Morgan fingerprint density at radius 1 is 1.04 bits per heavy atom. The van der Waals surface area contributed by atoms with Gasteiger partial charge in [0.15, 0.2) is 6.10 Å². The van der Waals surface area contributed by atoms with Crippen molar-refractivity contribution in [1.82, 2.24) is 0 Å². The first kappa shape index (κ1) is 19.7. The highest BCUT2D eigenvalue weighted by atomic mass is 16.6. The molecule has 0 bridgehead atoms. The predicted molar refractivity (Wildman–Crippen MR) is 109 cm³/mol. The van der Waals surface area contributed by atoms with Crippen LogP contribution in [0, 0.1) is 0 Å². The molecule has 0 spiro atoms. The molecule has 0 aliphatic carbocycles. The zero-order valence-corrected chi connectivity index (χ0v) is 17.0. The maximum Gasteiger partial charge on any atom is 0.339 e. The quantitative estimate of drug-likeness (QED) is 0.560. The maximum atomic E-state index is 12.5. The van der Waals surface area contributed by atoms with Gasteiger partial charge in [-0.15, -0.1) is 0 Å². The second-order valence-electron chi connectivity index (χ2n) is 6.94. The minimum atomic E-state index is -0.598. The fourth-order valence-electron chi connectivity index (χ4n) is 3.46. The Balaban J connectivity index is 2.07. The molecular formula is C22H26N2O4. The minimum Gasteiger partial charge on any atom is -0.449 e. The smallest absolute Gasteiger partial charge is 0.339 e. The lowest BCUT2D eigenvalue weighted by molar-refractivity contribution is -0.131. The zero-order valence-electron chi connectivity index (χ0n) is 17.0. The molecule has 0 saturated heterocycles. The standard InChI is InChI=1S/C22H26N2O4/c1-6-24(7-2)16-9-11-18(20(13-16)27-14(3)25)21-17-10-8-15(23(4)5)12-19(17)22(26)28-21/h8-13,21H,6-7H2,1-5H3. The Hall–Kier alpha value is -3.02. The Kier molecular flexibility index (Phi) is 5.58. The molecule has 0 fully saturated rings. The summed E-state index contributed by atoms with van der Waals surface area (Å²) in [4.78, 5) is 28.2. The van der Waals surface area contributed by atoms with Crippen LogP contribution in [0.3, 0.4) is 0 Å². The lowest BCUT2D eigenvalue weighted by atomic mass is 9.97. The molecule has 1 atom stereocenters. The largest absolute Gasteiger partial charge is 0.449 e. The third-order valence-electron chi connectivity index (χ3n) is 4.94. The summed E-state index contributed by atoms with van der Waals surface area (Å²) in [6.07, 6.45) is -0.598. The maximum absolute atomic E-state index is 12.5. The van der Waals surface area contributed by atoms with E-state index in [1.807, 2.05) is 55.4 Å². The molecular weight excluding hydrogens is 356 g/mol. The van der Waals surface area contributed by atoms with Gasteiger partial charge >= 0.3 is 11.9 Å².